The van der Waals surface area contributed by atoms with E-state index in [1.807, 2.05) is 13.0 Å². The number of methoxy groups -OCH3 is 1. The van der Waals surface area contributed by atoms with Crippen LogP contribution in [0.25, 0.3) is 10.5 Å². The Morgan fingerprint density at radius 2 is 2.13 bits per heavy atom. The Bertz CT molecular complexity index is 1120. The number of hydrogen-bond acceptors (Lipinski definition) is 6. The van der Waals surface area contributed by atoms with Gasteiger partial charge in [0.2, 0.25) is 0 Å². The lowest BCUT2D eigenvalue weighted by molar-refractivity contribution is 0.170. The van der Waals surface area contributed by atoms with Crippen LogP contribution in [0, 0.1) is 13.5 Å². The molecule has 8 heteroatoms. The number of aromatic nitrogens is 4. The summed E-state index contributed by atoms with van der Waals surface area (Å²) in [6.45, 7) is 12.9. The highest BCUT2D eigenvalue weighted by atomic mass is 16.5. The highest BCUT2D eigenvalue weighted by Gasteiger charge is 2.45. The molecule has 156 valence electrons. The summed E-state index contributed by atoms with van der Waals surface area (Å²) in [4.78, 5) is 13.1. The fourth-order valence-corrected chi connectivity index (χ4v) is 3.98. The molecule has 3 aromatic heterocycles. The van der Waals surface area contributed by atoms with E-state index in [-0.39, 0.29) is 5.41 Å². The van der Waals surface area contributed by atoms with Crippen LogP contribution in [-0.2, 0) is 23.0 Å². The van der Waals surface area contributed by atoms with E-state index < -0.39 is 0 Å². The minimum Gasteiger partial charge on any atom is -0.392 e. The Morgan fingerprint density at radius 1 is 1.33 bits per heavy atom. The molecule has 8 nitrogen and oxygen atoms in total. The molecule has 1 fully saturated rings. The second kappa shape index (κ2) is 7.92. The maximum atomic E-state index is 7.55. The van der Waals surface area contributed by atoms with Gasteiger partial charge in [0.15, 0.2) is 5.65 Å². The topological polar surface area (TPSA) is 94.7 Å². The van der Waals surface area contributed by atoms with E-state index in [9.17, 15) is 0 Å². The number of hydrogen-bond donors (Lipinski definition) is 2. The monoisotopic (exact) mass is 405 g/mol. The Kier molecular flexibility index (Phi) is 5.31. The van der Waals surface area contributed by atoms with Gasteiger partial charge in [-0.25, -0.2) is 14.3 Å². The molecule has 1 saturated carbocycles. The Hall–Kier alpha value is -3.18. The van der Waals surface area contributed by atoms with Crippen molar-refractivity contribution in [3.05, 3.63) is 52.3 Å². The van der Waals surface area contributed by atoms with E-state index in [0.717, 1.165) is 48.3 Å². The molecular formula is C22H27N7O. The van der Waals surface area contributed by atoms with Crippen LogP contribution in [0.5, 0.6) is 0 Å². The SMILES string of the molecule is [C-]#[N+]c1c(NCCc2cccc(C3(COC)CC3)n2)nc2c(CC)c(C)nn2c1N. The number of anilines is 2. The van der Waals surface area contributed by atoms with Gasteiger partial charge in [0.1, 0.15) is 11.6 Å². The summed E-state index contributed by atoms with van der Waals surface area (Å²) in [5, 5.41) is 7.75. The molecule has 3 aromatic rings. The number of nitrogens with one attached hydrogen (secondary N) is 1. The molecule has 0 radical (unpaired) electrons. The molecule has 0 atom stereocenters. The van der Waals surface area contributed by atoms with Crippen molar-refractivity contribution in [1.29, 1.82) is 0 Å². The highest BCUT2D eigenvalue weighted by Crippen LogP contribution is 2.47. The van der Waals surface area contributed by atoms with Crippen molar-refractivity contribution in [2.75, 3.05) is 31.3 Å². The smallest absolute Gasteiger partial charge is 0.268 e. The number of aryl methyl sites for hydroxylation is 2. The number of nitrogens with zero attached hydrogens (tertiary/aromatic N) is 5. The summed E-state index contributed by atoms with van der Waals surface area (Å²) in [5.74, 6) is 0.814. The highest BCUT2D eigenvalue weighted by molar-refractivity contribution is 5.80. The van der Waals surface area contributed by atoms with Crippen LogP contribution in [0.4, 0.5) is 17.3 Å². The predicted octanol–water partition coefficient (Wildman–Crippen LogP) is 3.46. The summed E-state index contributed by atoms with van der Waals surface area (Å²) in [6.07, 6.45) is 3.77. The van der Waals surface area contributed by atoms with Gasteiger partial charge in [-0.05, 0) is 38.3 Å². The molecule has 0 aromatic carbocycles. The first-order valence-corrected chi connectivity index (χ1v) is 10.3. The quantitative estimate of drug-likeness (QED) is 0.557. The number of nitrogens with two attached hydrogens (primary N) is 1. The van der Waals surface area contributed by atoms with E-state index in [2.05, 4.69) is 39.3 Å². The molecular weight excluding hydrogens is 378 g/mol. The Morgan fingerprint density at radius 3 is 2.80 bits per heavy atom. The van der Waals surface area contributed by atoms with Gasteiger partial charge in [-0.1, -0.05) is 13.0 Å². The number of ether oxygens (including phenoxy) is 1. The van der Waals surface area contributed by atoms with Gasteiger partial charge < -0.3 is 15.8 Å². The summed E-state index contributed by atoms with van der Waals surface area (Å²) in [7, 11) is 1.74. The summed E-state index contributed by atoms with van der Waals surface area (Å²) in [5.41, 5.74) is 11.4. The zero-order valence-electron chi connectivity index (χ0n) is 17.7. The van der Waals surface area contributed by atoms with E-state index >= 15 is 0 Å². The maximum absolute atomic E-state index is 7.55. The minimum absolute atomic E-state index is 0.0902. The van der Waals surface area contributed by atoms with Gasteiger partial charge in [0, 0.05) is 42.4 Å². The van der Waals surface area contributed by atoms with Crippen LogP contribution in [0.1, 0.15) is 42.4 Å². The standard InChI is InChI=1S/C22H27N7O/c1-5-16-14(2)28-29-19(23)18(24-3)20(27-21(16)29)25-12-9-15-7-6-8-17(26-15)22(10-11-22)13-30-4/h6-8H,5,9-13,23H2,1-2,4H3,(H,25,27). The predicted molar refractivity (Wildman–Crippen MR) is 117 cm³/mol. The zero-order valence-corrected chi connectivity index (χ0v) is 17.7. The molecule has 0 amide bonds. The van der Waals surface area contributed by atoms with Crippen molar-refractivity contribution >= 4 is 23.0 Å². The van der Waals surface area contributed by atoms with Crippen LogP contribution in [-0.4, -0.2) is 39.8 Å². The van der Waals surface area contributed by atoms with Gasteiger partial charge in [-0.3, -0.25) is 4.98 Å². The molecule has 0 unspecified atom stereocenters. The third-order valence-electron chi connectivity index (χ3n) is 5.83. The molecule has 3 N–H and O–H groups in total. The lowest BCUT2D eigenvalue weighted by Crippen LogP contribution is -2.17. The summed E-state index contributed by atoms with van der Waals surface area (Å²) < 4.78 is 6.96. The largest absolute Gasteiger partial charge is 0.392 e. The van der Waals surface area contributed by atoms with Crippen molar-refractivity contribution in [2.24, 2.45) is 0 Å². The molecule has 1 aliphatic carbocycles. The van der Waals surface area contributed by atoms with Crippen molar-refractivity contribution in [1.82, 2.24) is 19.6 Å². The van der Waals surface area contributed by atoms with Crippen molar-refractivity contribution in [3.63, 3.8) is 0 Å². The van der Waals surface area contributed by atoms with Crippen LogP contribution in [0.3, 0.4) is 0 Å². The third kappa shape index (κ3) is 3.46. The molecule has 0 aliphatic heterocycles. The van der Waals surface area contributed by atoms with Crippen LogP contribution < -0.4 is 11.1 Å². The maximum Gasteiger partial charge on any atom is 0.268 e. The third-order valence-corrected chi connectivity index (χ3v) is 5.83. The number of fused-ring (bicyclic) bond motifs is 1. The Balaban J connectivity index is 1.54. The molecule has 0 saturated heterocycles. The molecule has 0 bridgehead atoms. The van der Waals surface area contributed by atoms with E-state index in [1.54, 1.807) is 11.6 Å². The van der Waals surface area contributed by atoms with Crippen molar-refractivity contribution in [3.8, 4) is 0 Å². The van der Waals surface area contributed by atoms with E-state index in [1.165, 1.54) is 0 Å². The second-order valence-corrected chi connectivity index (χ2v) is 7.86. The Labute approximate surface area is 176 Å². The molecule has 4 rings (SSSR count). The average molecular weight is 406 g/mol. The normalized spacial score (nSPS) is 14.6. The number of pyridine rings is 1. The van der Waals surface area contributed by atoms with Crippen LogP contribution >= 0.6 is 0 Å². The fourth-order valence-electron chi connectivity index (χ4n) is 3.98. The minimum atomic E-state index is 0.0902. The lowest BCUT2D eigenvalue weighted by Gasteiger charge is -2.15. The fraction of sp³-hybridized carbons (Fsp3) is 0.455. The van der Waals surface area contributed by atoms with E-state index in [4.69, 9.17) is 22.0 Å². The van der Waals surface area contributed by atoms with Crippen molar-refractivity contribution in [2.45, 2.75) is 44.9 Å². The molecule has 3 heterocycles. The first kappa shape index (κ1) is 20.1. The first-order chi connectivity index (χ1) is 14.5. The van der Waals surface area contributed by atoms with Gasteiger partial charge in [0.05, 0.1) is 18.9 Å². The molecule has 1 aliphatic rings. The molecule has 30 heavy (non-hydrogen) atoms. The van der Waals surface area contributed by atoms with Crippen LogP contribution in [0.2, 0.25) is 0 Å². The van der Waals surface area contributed by atoms with Gasteiger partial charge >= 0.3 is 0 Å². The van der Waals surface area contributed by atoms with E-state index in [0.29, 0.717) is 36.1 Å². The number of rotatable bonds is 8. The average Bonchev–Trinajstić information content (AvgIpc) is 3.45. The summed E-state index contributed by atoms with van der Waals surface area (Å²) >= 11 is 0. The van der Waals surface area contributed by atoms with Gasteiger partial charge in [0.25, 0.3) is 5.69 Å². The lowest BCUT2D eigenvalue weighted by atomic mass is 10.0. The number of nitrogen functional groups attached to an aromatic ring is 1. The zero-order chi connectivity index (χ0) is 21.3. The van der Waals surface area contributed by atoms with Gasteiger partial charge in [-0.2, -0.15) is 5.10 Å². The molecule has 0 spiro atoms. The van der Waals surface area contributed by atoms with Crippen LogP contribution in [0.15, 0.2) is 18.2 Å². The van der Waals surface area contributed by atoms with Gasteiger partial charge in [-0.15, -0.1) is 0 Å². The second-order valence-electron chi connectivity index (χ2n) is 7.86. The first-order valence-electron chi connectivity index (χ1n) is 10.3. The summed E-state index contributed by atoms with van der Waals surface area (Å²) in [6, 6.07) is 6.18. The van der Waals surface area contributed by atoms with Crippen molar-refractivity contribution < 1.29 is 4.74 Å².